The topological polar surface area (TPSA) is 26.3 Å². The third kappa shape index (κ3) is 8.82. The maximum absolute atomic E-state index is 9.59. The fourth-order valence-electron chi connectivity index (χ4n) is 0. The molecule has 0 saturated heterocycles. The molecule has 2 nitrogen and oxygen atoms in total. The fourth-order valence-corrected chi connectivity index (χ4v) is 0. The van der Waals surface area contributed by atoms with E-state index in [9.17, 15) is 4.79 Å². The normalized spacial score (nSPS) is 5.67. The van der Waals surface area contributed by atoms with Crippen molar-refractivity contribution in [3.8, 4) is 0 Å². The molecule has 0 atom stereocenters. The van der Waals surface area contributed by atoms with E-state index in [4.69, 9.17) is 0 Å². The van der Waals surface area contributed by atoms with E-state index in [1.807, 2.05) is 0 Å². The van der Waals surface area contributed by atoms with E-state index in [2.05, 4.69) is 4.74 Å². The zero-order chi connectivity index (χ0) is 4.28. The Labute approximate surface area is 59.2 Å². The van der Waals surface area contributed by atoms with Gasteiger partial charge in [0.25, 0.3) is 0 Å². The molecule has 0 bridgehead atoms. The van der Waals surface area contributed by atoms with Crippen molar-refractivity contribution in [2.75, 3.05) is 7.11 Å². The van der Waals surface area contributed by atoms with Gasteiger partial charge in [-0.3, -0.25) is 4.79 Å². The van der Waals surface area contributed by atoms with Crippen LogP contribution in [0, 0.1) is 0 Å². The second-order valence-corrected chi connectivity index (χ2v) is 0.696. The molecule has 0 fully saturated rings. The molecule has 0 radical (unpaired) electrons. The molecule has 3 heteroatoms. The summed E-state index contributed by atoms with van der Waals surface area (Å²) in [5.41, 5.74) is 0. The van der Waals surface area contributed by atoms with Crippen LogP contribution in [0.3, 0.4) is 0 Å². The molecule has 0 spiro atoms. The van der Waals surface area contributed by atoms with E-state index >= 15 is 0 Å². The molecular weight excluding hydrogens is 91.0 g/mol. The van der Waals surface area contributed by atoms with E-state index in [0.29, 0.717) is 0 Å². The number of hydrogen-bond donors (Lipinski definition) is 0. The van der Waals surface area contributed by atoms with Gasteiger partial charge in [-0.15, -0.1) is 0 Å². The zero-order valence-corrected chi connectivity index (χ0v) is 3.32. The van der Waals surface area contributed by atoms with Gasteiger partial charge < -0.3 is 4.74 Å². The van der Waals surface area contributed by atoms with E-state index in [1.54, 1.807) is 0 Å². The van der Waals surface area contributed by atoms with Crippen LogP contribution in [0.25, 0.3) is 0 Å². The molecule has 6 heavy (non-hydrogen) atoms. The molecular formula is C3H7NaO2. The predicted molar refractivity (Wildman–Crippen MR) is 24.8 cm³/mol. The van der Waals surface area contributed by atoms with Crippen LogP contribution >= 0.6 is 0 Å². The molecule has 0 N–H and O–H groups in total. The first kappa shape index (κ1) is 9.69. The number of methoxy groups -OCH3 is 1. The van der Waals surface area contributed by atoms with E-state index in [-0.39, 0.29) is 35.5 Å². The Morgan fingerprint density at radius 3 is 1.83 bits per heavy atom. The molecule has 0 aromatic carbocycles. The molecule has 0 heterocycles. The van der Waals surface area contributed by atoms with Crippen molar-refractivity contribution in [1.82, 2.24) is 0 Å². The van der Waals surface area contributed by atoms with Gasteiger partial charge in [-0.1, -0.05) is 0 Å². The number of hydrogen-bond acceptors (Lipinski definition) is 2. The fraction of sp³-hybridized carbons (Fsp3) is 0.667. The van der Waals surface area contributed by atoms with Crippen molar-refractivity contribution in [1.29, 1.82) is 0 Å². The summed E-state index contributed by atoms with van der Waals surface area (Å²) >= 11 is 0. The Morgan fingerprint density at radius 1 is 1.67 bits per heavy atom. The molecule has 0 rings (SSSR count). The average Bonchev–Trinajstić information content (AvgIpc) is 1.38. The van der Waals surface area contributed by atoms with Gasteiger partial charge >= 0.3 is 35.5 Å². The van der Waals surface area contributed by atoms with E-state index < -0.39 is 0 Å². The molecule has 0 amide bonds. The Morgan fingerprint density at radius 2 is 1.83 bits per heavy atom. The van der Waals surface area contributed by atoms with Crippen LogP contribution in [-0.4, -0.2) is 42.6 Å². The van der Waals surface area contributed by atoms with Crippen molar-refractivity contribution in [3.63, 3.8) is 0 Å². The van der Waals surface area contributed by atoms with Gasteiger partial charge in [0.15, 0.2) is 0 Å². The first-order valence-corrected chi connectivity index (χ1v) is 1.32. The molecule has 0 aliphatic carbocycles. The van der Waals surface area contributed by atoms with Crippen molar-refractivity contribution in [2.45, 2.75) is 6.92 Å². The molecule has 0 aromatic heterocycles. The van der Waals surface area contributed by atoms with Crippen LogP contribution in [0.5, 0.6) is 0 Å². The van der Waals surface area contributed by atoms with Crippen molar-refractivity contribution < 1.29 is 9.53 Å². The summed E-state index contributed by atoms with van der Waals surface area (Å²) in [5.74, 6) is -0.245. The summed E-state index contributed by atoms with van der Waals surface area (Å²) in [6.45, 7) is 1.36. The average molecular weight is 98.1 g/mol. The quantitative estimate of drug-likeness (QED) is 0.302. The summed E-state index contributed by atoms with van der Waals surface area (Å²) in [5, 5.41) is 0. The summed E-state index contributed by atoms with van der Waals surface area (Å²) in [4.78, 5) is 9.59. The van der Waals surface area contributed by atoms with Crippen molar-refractivity contribution in [3.05, 3.63) is 0 Å². The van der Waals surface area contributed by atoms with Crippen LogP contribution < -0.4 is 0 Å². The number of ether oxygens (including phenoxy) is 1. The zero-order valence-electron chi connectivity index (χ0n) is 3.32. The third-order valence-electron chi connectivity index (χ3n) is 0.287. The molecule has 0 aromatic rings. The summed E-state index contributed by atoms with van der Waals surface area (Å²) in [7, 11) is 1.35. The summed E-state index contributed by atoms with van der Waals surface area (Å²) in [6, 6.07) is 0. The third-order valence-corrected chi connectivity index (χ3v) is 0.287. The predicted octanol–water partition coefficient (Wildman–Crippen LogP) is -0.469. The summed E-state index contributed by atoms with van der Waals surface area (Å²) in [6.07, 6.45) is 0. The van der Waals surface area contributed by atoms with Gasteiger partial charge in [0.2, 0.25) is 0 Å². The van der Waals surface area contributed by atoms with Gasteiger partial charge in [-0.25, -0.2) is 0 Å². The Balaban J connectivity index is 0. The second kappa shape index (κ2) is 5.47. The van der Waals surface area contributed by atoms with Crippen LogP contribution in [0.2, 0.25) is 0 Å². The second-order valence-electron chi connectivity index (χ2n) is 0.696. The monoisotopic (exact) mass is 98.0 g/mol. The van der Waals surface area contributed by atoms with Gasteiger partial charge in [0.05, 0.1) is 7.11 Å². The maximum atomic E-state index is 9.59. The minimum absolute atomic E-state index is 0. The van der Waals surface area contributed by atoms with Crippen LogP contribution in [0.4, 0.5) is 0 Å². The van der Waals surface area contributed by atoms with Gasteiger partial charge in [-0.05, 0) is 0 Å². The van der Waals surface area contributed by atoms with Gasteiger partial charge in [0, 0.05) is 6.92 Å². The molecule has 0 unspecified atom stereocenters. The van der Waals surface area contributed by atoms with Crippen molar-refractivity contribution >= 4 is 35.5 Å². The molecule has 0 aliphatic rings. The van der Waals surface area contributed by atoms with Gasteiger partial charge in [0.1, 0.15) is 0 Å². The standard InChI is InChI=1S/C3H6O2.Na.H/c1-3(4)5-2;;/h1-2H3;;. The SMILES string of the molecule is COC(C)=O.[NaH]. The number of esters is 1. The Hall–Kier alpha value is 0.470. The Bertz CT molecular complexity index is 44.1. The van der Waals surface area contributed by atoms with Crippen LogP contribution in [0.15, 0.2) is 0 Å². The minimum atomic E-state index is -0.245. The van der Waals surface area contributed by atoms with Crippen LogP contribution in [0.1, 0.15) is 6.92 Å². The first-order chi connectivity index (χ1) is 2.27. The first-order valence-electron chi connectivity index (χ1n) is 1.32. The number of carbonyl (C=O) groups is 1. The Kier molecular flexibility index (Phi) is 8.83. The molecule has 0 aliphatic heterocycles. The molecule has 0 saturated carbocycles. The van der Waals surface area contributed by atoms with Gasteiger partial charge in [-0.2, -0.15) is 0 Å². The van der Waals surface area contributed by atoms with E-state index in [1.165, 1.54) is 14.0 Å². The summed E-state index contributed by atoms with van der Waals surface area (Å²) < 4.78 is 4.11. The van der Waals surface area contributed by atoms with Crippen molar-refractivity contribution in [2.24, 2.45) is 0 Å². The number of rotatable bonds is 0. The van der Waals surface area contributed by atoms with Crippen LogP contribution in [-0.2, 0) is 9.53 Å². The molecule has 32 valence electrons. The van der Waals surface area contributed by atoms with E-state index in [0.717, 1.165) is 0 Å². The number of carbonyl (C=O) groups excluding carboxylic acids is 1.